The first kappa shape index (κ1) is 18.1. The lowest BCUT2D eigenvalue weighted by atomic mass is 10.2. The lowest BCUT2D eigenvalue weighted by molar-refractivity contribution is 0.0603. The van der Waals surface area contributed by atoms with Crippen LogP contribution in [-0.4, -0.2) is 36.7 Å². The fourth-order valence-corrected chi connectivity index (χ4v) is 3.21. The van der Waals surface area contributed by atoms with E-state index in [1.807, 2.05) is 22.6 Å². The van der Waals surface area contributed by atoms with Crippen molar-refractivity contribution in [2.75, 3.05) is 26.6 Å². The molecule has 7 nitrogen and oxygen atoms in total. The molecule has 1 N–H and O–H groups in total. The third kappa shape index (κ3) is 3.32. The topological polar surface area (TPSA) is 74.1 Å². The summed E-state index contributed by atoms with van der Waals surface area (Å²) in [5.41, 5.74) is 2.00. The van der Waals surface area contributed by atoms with E-state index in [9.17, 15) is 4.79 Å². The molecule has 0 amide bonds. The van der Waals surface area contributed by atoms with E-state index < -0.39 is 5.97 Å². The minimum Gasteiger partial charge on any atom is -0.497 e. The molecule has 2 aromatic heterocycles. The summed E-state index contributed by atoms with van der Waals surface area (Å²) >= 11 is 3.45. The minimum absolute atomic E-state index is 0.425. The van der Waals surface area contributed by atoms with Crippen molar-refractivity contribution in [3.8, 4) is 11.5 Å². The summed E-state index contributed by atoms with van der Waals surface area (Å²) in [6, 6.07) is 7.31. The van der Waals surface area contributed by atoms with E-state index in [0.717, 1.165) is 10.2 Å². The number of aromatic nitrogens is 2. The summed E-state index contributed by atoms with van der Waals surface area (Å²) < 4.78 is 18.1. The SMILES string of the molecule is COC(=O)c1cc(Br)n2ccnc(NCc3ccc(OC)cc3OC)c12. The Hall–Kier alpha value is -2.74. The van der Waals surface area contributed by atoms with Crippen molar-refractivity contribution in [2.24, 2.45) is 0 Å². The van der Waals surface area contributed by atoms with Crippen molar-refractivity contribution in [1.29, 1.82) is 0 Å². The summed E-state index contributed by atoms with van der Waals surface area (Å²) in [4.78, 5) is 16.5. The number of benzene rings is 1. The monoisotopic (exact) mass is 419 g/mol. The fraction of sp³-hybridized carbons (Fsp3) is 0.222. The molecule has 3 rings (SSSR count). The summed E-state index contributed by atoms with van der Waals surface area (Å²) in [5.74, 6) is 1.56. The molecule has 0 aliphatic carbocycles. The predicted molar refractivity (Wildman–Crippen MR) is 101 cm³/mol. The third-order valence-electron chi connectivity index (χ3n) is 3.98. The zero-order chi connectivity index (χ0) is 18.7. The van der Waals surface area contributed by atoms with Gasteiger partial charge in [0, 0.05) is 30.6 Å². The maximum atomic E-state index is 12.1. The van der Waals surface area contributed by atoms with Gasteiger partial charge < -0.3 is 23.9 Å². The van der Waals surface area contributed by atoms with Gasteiger partial charge in [0.15, 0.2) is 5.82 Å². The Balaban J connectivity index is 1.96. The molecule has 0 saturated carbocycles. The van der Waals surface area contributed by atoms with Crippen LogP contribution in [0.25, 0.3) is 5.52 Å². The number of hydrogen-bond acceptors (Lipinski definition) is 6. The lowest BCUT2D eigenvalue weighted by Gasteiger charge is -2.13. The number of ether oxygens (including phenoxy) is 3. The van der Waals surface area contributed by atoms with Crippen molar-refractivity contribution in [1.82, 2.24) is 9.38 Å². The number of nitrogens with zero attached hydrogens (tertiary/aromatic N) is 2. The molecule has 0 fully saturated rings. The van der Waals surface area contributed by atoms with Crippen molar-refractivity contribution in [2.45, 2.75) is 6.54 Å². The Morgan fingerprint density at radius 3 is 2.73 bits per heavy atom. The van der Waals surface area contributed by atoms with Crippen LogP contribution in [0.15, 0.2) is 41.3 Å². The molecule has 0 atom stereocenters. The molecule has 3 aromatic rings. The Morgan fingerprint density at radius 1 is 1.23 bits per heavy atom. The van der Waals surface area contributed by atoms with E-state index in [2.05, 4.69) is 26.2 Å². The highest BCUT2D eigenvalue weighted by molar-refractivity contribution is 9.10. The zero-order valence-electron chi connectivity index (χ0n) is 14.6. The Labute approximate surface area is 159 Å². The van der Waals surface area contributed by atoms with Crippen molar-refractivity contribution < 1.29 is 19.0 Å². The van der Waals surface area contributed by atoms with E-state index in [1.165, 1.54) is 7.11 Å². The van der Waals surface area contributed by atoms with Crippen molar-refractivity contribution >= 4 is 33.2 Å². The number of rotatable bonds is 6. The van der Waals surface area contributed by atoms with Crippen molar-refractivity contribution in [3.63, 3.8) is 0 Å². The smallest absolute Gasteiger partial charge is 0.340 e. The number of esters is 1. The second-order valence-corrected chi connectivity index (χ2v) is 6.21. The van der Waals surface area contributed by atoms with Gasteiger partial charge in [0.2, 0.25) is 0 Å². The Morgan fingerprint density at radius 2 is 2.04 bits per heavy atom. The van der Waals surface area contributed by atoms with Gasteiger partial charge in [0.05, 0.1) is 31.5 Å². The molecule has 0 aliphatic rings. The van der Waals surface area contributed by atoms with Gasteiger partial charge in [-0.2, -0.15) is 0 Å². The minimum atomic E-state index is -0.425. The molecule has 0 unspecified atom stereocenters. The van der Waals surface area contributed by atoms with E-state index >= 15 is 0 Å². The Kier molecular flexibility index (Phi) is 5.32. The van der Waals surface area contributed by atoms with Crippen LogP contribution in [0.2, 0.25) is 0 Å². The van der Waals surface area contributed by atoms with Crippen LogP contribution >= 0.6 is 15.9 Å². The van der Waals surface area contributed by atoms with Gasteiger partial charge in [0.25, 0.3) is 0 Å². The van der Waals surface area contributed by atoms with Crippen LogP contribution in [0.3, 0.4) is 0 Å². The van der Waals surface area contributed by atoms with Gasteiger partial charge in [-0.15, -0.1) is 0 Å². The van der Waals surface area contributed by atoms with Crippen LogP contribution in [0.5, 0.6) is 11.5 Å². The first-order valence-corrected chi connectivity index (χ1v) is 8.57. The van der Waals surface area contributed by atoms with Gasteiger partial charge in [-0.25, -0.2) is 9.78 Å². The van der Waals surface area contributed by atoms with Gasteiger partial charge >= 0.3 is 5.97 Å². The maximum Gasteiger partial charge on any atom is 0.340 e. The summed E-state index contributed by atoms with van der Waals surface area (Å²) in [5, 5.41) is 3.27. The van der Waals surface area contributed by atoms with E-state index in [4.69, 9.17) is 14.2 Å². The van der Waals surface area contributed by atoms with Gasteiger partial charge in [-0.05, 0) is 34.1 Å². The normalized spacial score (nSPS) is 10.6. The van der Waals surface area contributed by atoms with Crippen LogP contribution in [0, 0.1) is 0 Å². The summed E-state index contributed by atoms with van der Waals surface area (Å²) in [6.07, 6.45) is 3.43. The summed E-state index contributed by atoms with van der Waals surface area (Å²) in [7, 11) is 4.57. The molecule has 1 aromatic carbocycles. The average Bonchev–Trinajstić information content (AvgIpc) is 3.03. The Bertz CT molecular complexity index is 955. The quantitative estimate of drug-likeness (QED) is 0.616. The number of carbonyl (C=O) groups excluding carboxylic acids is 1. The molecule has 0 bridgehead atoms. The molecule has 0 spiro atoms. The number of methoxy groups -OCH3 is 3. The highest BCUT2D eigenvalue weighted by Crippen LogP contribution is 2.29. The molecular weight excluding hydrogens is 402 g/mol. The molecule has 0 radical (unpaired) electrons. The van der Waals surface area contributed by atoms with Crippen LogP contribution < -0.4 is 14.8 Å². The van der Waals surface area contributed by atoms with Crippen molar-refractivity contribution in [3.05, 3.63) is 52.4 Å². The third-order valence-corrected chi connectivity index (χ3v) is 4.59. The number of anilines is 1. The van der Waals surface area contributed by atoms with E-state index in [0.29, 0.717) is 34.9 Å². The summed E-state index contributed by atoms with van der Waals surface area (Å²) in [6.45, 7) is 0.462. The highest BCUT2D eigenvalue weighted by atomic mass is 79.9. The molecular formula is C18H18BrN3O4. The van der Waals surface area contributed by atoms with Gasteiger partial charge in [-0.3, -0.25) is 0 Å². The number of hydrogen-bond donors (Lipinski definition) is 1. The predicted octanol–water partition coefficient (Wildman–Crippen LogP) is 3.51. The maximum absolute atomic E-state index is 12.1. The van der Waals surface area contributed by atoms with Crippen LogP contribution in [0.4, 0.5) is 5.82 Å². The van der Waals surface area contributed by atoms with Gasteiger partial charge in [-0.1, -0.05) is 0 Å². The van der Waals surface area contributed by atoms with E-state index in [-0.39, 0.29) is 0 Å². The molecule has 136 valence electrons. The fourth-order valence-electron chi connectivity index (χ4n) is 2.69. The first-order valence-electron chi connectivity index (χ1n) is 7.77. The first-order chi connectivity index (χ1) is 12.6. The number of nitrogens with one attached hydrogen (secondary N) is 1. The molecule has 0 aliphatic heterocycles. The second kappa shape index (κ2) is 7.65. The van der Waals surface area contributed by atoms with Crippen LogP contribution in [-0.2, 0) is 11.3 Å². The number of carbonyl (C=O) groups is 1. The standard InChI is InChI=1S/C18H18BrN3O4/c1-24-12-5-4-11(14(8-12)25-2)10-21-17-16-13(18(23)26-3)9-15(19)22(16)7-6-20-17/h4-9H,10H2,1-3H3,(H,20,21). The second-order valence-electron chi connectivity index (χ2n) is 5.40. The number of fused-ring (bicyclic) bond motifs is 1. The lowest BCUT2D eigenvalue weighted by Crippen LogP contribution is -2.07. The van der Waals surface area contributed by atoms with Crippen LogP contribution in [0.1, 0.15) is 15.9 Å². The van der Waals surface area contributed by atoms with Gasteiger partial charge in [0.1, 0.15) is 17.0 Å². The average molecular weight is 420 g/mol. The zero-order valence-corrected chi connectivity index (χ0v) is 16.2. The molecule has 2 heterocycles. The largest absolute Gasteiger partial charge is 0.497 e. The molecule has 26 heavy (non-hydrogen) atoms. The van der Waals surface area contributed by atoms with E-state index in [1.54, 1.807) is 32.7 Å². The number of halogens is 1. The molecule has 0 saturated heterocycles. The highest BCUT2D eigenvalue weighted by Gasteiger charge is 2.19. The molecule has 8 heteroatoms.